The van der Waals surface area contributed by atoms with Gasteiger partial charge >= 0.3 is 6.09 Å². The highest BCUT2D eigenvalue weighted by molar-refractivity contribution is 8.78. The molecule has 3 rings (SSSR count). The summed E-state index contributed by atoms with van der Waals surface area (Å²) >= 11 is 0. The number of ether oxygens (including phenoxy) is 3. The predicted octanol–water partition coefficient (Wildman–Crippen LogP) is 2.77. The maximum Gasteiger partial charge on any atom is 0.407 e. The lowest BCUT2D eigenvalue weighted by Gasteiger charge is -2.21. The highest BCUT2D eigenvalue weighted by Gasteiger charge is 2.49. The summed E-state index contributed by atoms with van der Waals surface area (Å²) in [6.07, 6.45) is -0.596. The molecule has 1 aromatic rings. The molecule has 25 heavy (non-hydrogen) atoms. The van der Waals surface area contributed by atoms with Gasteiger partial charge in [-0.25, -0.2) is 4.79 Å². The Balaban J connectivity index is 1.94. The van der Waals surface area contributed by atoms with E-state index in [0.29, 0.717) is 17.2 Å². The molecule has 2 unspecified atom stereocenters. The average molecular weight is 382 g/mol. The Morgan fingerprint density at radius 2 is 2.12 bits per heavy atom. The molecule has 1 aromatic carbocycles. The summed E-state index contributed by atoms with van der Waals surface area (Å²) in [6, 6.07) is 4.58. The van der Waals surface area contributed by atoms with Crippen LogP contribution >= 0.6 is 21.6 Å². The van der Waals surface area contributed by atoms with Crippen LogP contribution in [0.1, 0.15) is 6.92 Å². The highest BCUT2D eigenvalue weighted by atomic mass is 33.1. The minimum absolute atomic E-state index is 0.172. The molecule has 2 aliphatic heterocycles. The van der Waals surface area contributed by atoms with Crippen LogP contribution in [0.3, 0.4) is 0 Å². The van der Waals surface area contributed by atoms with Crippen LogP contribution in [0, 0.1) is 0 Å². The maximum absolute atomic E-state index is 13.0. The number of amides is 2. The summed E-state index contributed by atoms with van der Waals surface area (Å²) in [5.41, 5.74) is 1.44. The fourth-order valence-electron chi connectivity index (χ4n) is 2.72. The van der Waals surface area contributed by atoms with Crippen molar-refractivity contribution in [2.75, 3.05) is 25.7 Å². The third-order valence-corrected chi connectivity index (χ3v) is 6.26. The zero-order valence-corrected chi connectivity index (χ0v) is 15.6. The van der Waals surface area contributed by atoms with Gasteiger partial charge in [-0.15, -0.1) is 0 Å². The first-order valence-electron chi connectivity index (χ1n) is 7.62. The third kappa shape index (κ3) is 3.25. The summed E-state index contributed by atoms with van der Waals surface area (Å²) in [4.78, 5) is 26.4. The molecule has 1 N–H and O–H groups in total. The first-order chi connectivity index (χ1) is 12.1. The van der Waals surface area contributed by atoms with Crippen LogP contribution in [0.2, 0.25) is 0 Å². The standard InChI is InChI=1S/C16H18N2O5S2/c1-4-23-16(20)17-13-14-11(8-24-25-14)18(15(13)19)10-6-5-9(21-2)7-12(10)22-3/h5-8,13-14H,4H2,1-3H3,(H,17,20). The van der Waals surface area contributed by atoms with Crippen LogP contribution in [-0.2, 0) is 9.53 Å². The average Bonchev–Trinajstić information content (AvgIpc) is 3.17. The summed E-state index contributed by atoms with van der Waals surface area (Å²) < 4.78 is 15.6. The smallest absolute Gasteiger partial charge is 0.407 e. The van der Waals surface area contributed by atoms with Gasteiger partial charge in [0.15, 0.2) is 0 Å². The van der Waals surface area contributed by atoms with Crippen molar-refractivity contribution in [1.82, 2.24) is 5.32 Å². The monoisotopic (exact) mass is 382 g/mol. The van der Waals surface area contributed by atoms with Crippen molar-refractivity contribution in [3.63, 3.8) is 0 Å². The number of nitrogens with zero attached hydrogens (tertiary/aromatic N) is 1. The molecule has 1 fully saturated rings. The number of carbonyl (C=O) groups excluding carboxylic acids is 2. The normalized spacial score (nSPS) is 21.6. The zero-order valence-electron chi connectivity index (χ0n) is 14.0. The van der Waals surface area contributed by atoms with Gasteiger partial charge in [-0.05, 0) is 19.1 Å². The number of nitrogens with one attached hydrogen (secondary N) is 1. The van der Waals surface area contributed by atoms with Crippen molar-refractivity contribution >= 4 is 39.3 Å². The molecule has 0 aromatic heterocycles. The number of alkyl carbamates (subject to hydrolysis) is 1. The predicted molar refractivity (Wildman–Crippen MR) is 98.0 cm³/mol. The molecule has 7 nitrogen and oxygen atoms in total. The van der Waals surface area contributed by atoms with E-state index in [1.165, 1.54) is 28.7 Å². The summed E-state index contributed by atoms with van der Waals surface area (Å²) in [7, 11) is 6.17. The van der Waals surface area contributed by atoms with Crippen molar-refractivity contribution in [1.29, 1.82) is 0 Å². The van der Waals surface area contributed by atoms with Gasteiger partial charge in [0.05, 0.1) is 31.8 Å². The van der Waals surface area contributed by atoms with Crippen molar-refractivity contribution in [2.24, 2.45) is 0 Å². The lowest BCUT2D eigenvalue weighted by atomic mass is 10.2. The molecular weight excluding hydrogens is 364 g/mol. The van der Waals surface area contributed by atoms with E-state index >= 15 is 0 Å². The van der Waals surface area contributed by atoms with E-state index in [9.17, 15) is 9.59 Å². The Labute approximate surface area is 153 Å². The number of hydrogen-bond acceptors (Lipinski definition) is 7. The number of carbonyl (C=O) groups is 2. The molecular formula is C16H18N2O5S2. The van der Waals surface area contributed by atoms with Gasteiger partial charge in [0.2, 0.25) is 0 Å². The van der Waals surface area contributed by atoms with Crippen molar-refractivity contribution in [2.45, 2.75) is 18.2 Å². The summed E-state index contributed by atoms with van der Waals surface area (Å²) in [5, 5.41) is 4.42. The highest BCUT2D eigenvalue weighted by Crippen LogP contribution is 2.50. The lowest BCUT2D eigenvalue weighted by Crippen LogP contribution is -2.45. The quantitative estimate of drug-likeness (QED) is 0.785. The van der Waals surface area contributed by atoms with Gasteiger partial charge in [-0.1, -0.05) is 21.6 Å². The molecule has 0 aliphatic carbocycles. The Morgan fingerprint density at radius 1 is 1.32 bits per heavy atom. The van der Waals surface area contributed by atoms with E-state index in [1.54, 1.807) is 37.1 Å². The second-order valence-corrected chi connectivity index (χ2v) is 7.49. The van der Waals surface area contributed by atoms with E-state index in [1.807, 2.05) is 5.41 Å². The molecule has 2 heterocycles. The molecule has 9 heteroatoms. The number of rotatable bonds is 5. The summed E-state index contributed by atoms with van der Waals surface area (Å²) in [6.45, 7) is 1.97. The number of fused-ring (bicyclic) bond motifs is 1. The van der Waals surface area contributed by atoms with Crippen LogP contribution in [-0.4, -0.2) is 44.1 Å². The molecule has 134 valence electrons. The van der Waals surface area contributed by atoms with Gasteiger partial charge in [-0.2, -0.15) is 0 Å². The molecule has 0 saturated carbocycles. The Bertz CT molecular complexity index is 724. The van der Waals surface area contributed by atoms with Crippen LogP contribution in [0.25, 0.3) is 0 Å². The molecule has 0 spiro atoms. The Hall–Kier alpha value is -2.00. The van der Waals surface area contributed by atoms with Gasteiger partial charge in [0, 0.05) is 17.2 Å². The lowest BCUT2D eigenvalue weighted by molar-refractivity contribution is -0.118. The van der Waals surface area contributed by atoms with Gasteiger partial charge < -0.3 is 19.5 Å². The SMILES string of the molecule is CCOC(=O)NC1C(=O)N(c2ccc(OC)cc2OC)C2=CSSC21. The van der Waals surface area contributed by atoms with Gasteiger partial charge in [0.1, 0.15) is 17.5 Å². The van der Waals surface area contributed by atoms with Crippen molar-refractivity contribution in [3.8, 4) is 11.5 Å². The fraction of sp³-hybridized carbons (Fsp3) is 0.375. The number of anilines is 1. The number of benzene rings is 1. The topological polar surface area (TPSA) is 77.1 Å². The van der Waals surface area contributed by atoms with E-state index in [4.69, 9.17) is 14.2 Å². The van der Waals surface area contributed by atoms with E-state index in [2.05, 4.69) is 5.32 Å². The van der Waals surface area contributed by atoms with E-state index in [-0.39, 0.29) is 17.8 Å². The number of methoxy groups -OCH3 is 2. The van der Waals surface area contributed by atoms with Gasteiger partial charge in [0.25, 0.3) is 5.91 Å². The second kappa shape index (κ2) is 7.49. The molecule has 0 radical (unpaired) electrons. The van der Waals surface area contributed by atoms with E-state index < -0.39 is 12.1 Å². The molecule has 2 atom stereocenters. The van der Waals surface area contributed by atoms with Crippen LogP contribution in [0.5, 0.6) is 11.5 Å². The van der Waals surface area contributed by atoms with Crippen LogP contribution in [0.4, 0.5) is 10.5 Å². The van der Waals surface area contributed by atoms with Gasteiger partial charge in [-0.3, -0.25) is 9.69 Å². The Morgan fingerprint density at radius 3 is 2.80 bits per heavy atom. The molecule has 1 saturated heterocycles. The van der Waals surface area contributed by atoms with Crippen molar-refractivity contribution < 1.29 is 23.8 Å². The minimum atomic E-state index is -0.683. The maximum atomic E-state index is 13.0. The van der Waals surface area contributed by atoms with E-state index in [0.717, 1.165) is 5.70 Å². The summed E-state index contributed by atoms with van der Waals surface area (Å²) in [5.74, 6) is 0.931. The first kappa shape index (κ1) is 17.8. The fourth-order valence-corrected chi connectivity index (χ4v) is 5.35. The molecule has 0 bridgehead atoms. The minimum Gasteiger partial charge on any atom is -0.497 e. The zero-order chi connectivity index (χ0) is 18.0. The van der Waals surface area contributed by atoms with Crippen LogP contribution < -0.4 is 19.7 Å². The van der Waals surface area contributed by atoms with Crippen LogP contribution in [0.15, 0.2) is 29.3 Å². The largest absolute Gasteiger partial charge is 0.497 e. The van der Waals surface area contributed by atoms with Crippen molar-refractivity contribution in [3.05, 3.63) is 29.3 Å². The molecule has 2 aliphatic rings. The number of hydrogen-bond donors (Lipinski definition) is 1. The first-order valence-corrected chi connectivity index (χ1v) is 9.89. The second-order valence-electron chi connectivity index (χ2n) is 5.21. The third-order valence-electron chi connectivity index (χ3n) is 3.84. The molecule has 2 amide bonds. The Kier molecular flexibility index (Phi) is 5.33.